The minimum Gasteiger partial charge on any atom is -0.334 e. The minimum absolute atomic E-state index is 0.236. The van der Waals surface area contributed by atoms with Crippen molar-refractivity contribution in [2.24, 2.45) is 0 Å². The van der Waals surface area contributed by atoms with Crippen molar-refractivity contribution in [3.8, 4) is 11.5 Å². The topological polar surface area (TPSA) is 64.7 Å². The van der Waals surface area contributed by atoms with Gasteiger partial charge in [0.05, 0.1) is 22.8 Å². The first-order valence-corrected chi connectivity index (χ1v) is 4.94. The predicted molar refractivity (Wildman–Crippen MR) is 54.4 cm³/mol. The fourth-order valence-corrected chi connectivity index (χ4v) is 1.29. The molecule has 0 aliphatic rings. The van der Waals surface area contributed by atoms with E-state index in [1.165, 1.54) is 0 Å². The van der Waals surface area contributed by atoms with Crippen molar-refractivity contribution in [3.05, 3.63) is 23.3 Å². The highest BCUT2D eigenvalue weighted by molar-refractivity contribution is 6.16. The first kappa shape index (κ1) is 10.0. The molecule has 5 nitrogen and oxygen atoms in total. The molecule has 0 aliphatic carbocycles. The van der Waals surface area contributed by atoms with Crippen molar-refractivity contribution in [2.75, 3.05) is 0 Å². The molecule has 2 aromatic rings. The largest absolute Gasteiger partial charge is 0.334 e. The van der Waals surface area contributed by atoms with E-state index in [1.807, 2.05) is 19.9 Å². The van der Waals surface area contributed by atoms with Crippen LogP contribution in [-0.4, -0.2) is 20.3 Å². The van der Waals surface area contributed by atoms with Crippen molar-refractivity contribution in [2.45, 2.75) is 19.7 Å². The van der Waals surface area contributed by atoms with Crippen LogP contribution in [0.3, 0.4) is 0 Å². The van der Waals surface area contributed by atoms with Gasteiger partial charge in [-0.3, -0.25) is 0 Å². The van der Waals surface area contributed by atoms with E-state index in [9.17, 15) is 0 Å². The van der Waals surface area contributed by atoms with Gasteiger partial charge >= 0.3 is 0 Å². The Labute approximate surface area is 91.5 Å². The smallest absolute Gasteiger partial charge is 0.259 e. The Kier molecular flexibility index (Phi) is 2.64. The van der Waals surface area contributed by atoms with Gasteiger partial charge in [-0.25, -0.2) is 0 Å². The van der Waals surface area contributed by atoms with Crippen molar-refractivity contribution >= 4 is 11.6 Å². The molecule has 78 valence electrons. The second kappa shape index (κ2) is 3.94. The summed E-state index contributed by atoms with van der Waals surface area (Å²) in [5.41, 5.74) is 2.36. The number of hydrogen-bond acceptors (Lipinski definition) is 5. The molecule has 2 aromatic heterocycles. The van der Waals surface area contributed by atoms with E-state index in [0.717, 1.165) is 17.0 Å². The zero-order valence-electron chi connectivity index (χ0n) is 8.36. The molecule has 0 saturated heterocycles. The van der Waals surface area contributed by atoms with E-state index < -0.39 is 0 Å². The summed E-state index contributed by atoms with van der Waals surface area (Å²) in [6.07, 6.45) is 0. The van der Waals surface area contributed by atoms with Crippen LogP contribution < -0.4 is 0 Å². The molecule has 0 unspecified atom stereocenters. The molecule has 6 heteroatoms. The van der Waals surface area contributed by atoms with E-state index in [-0.39, 0.29) is 5.88 Å². The van der Waals surface area contributed by atoms with Gasteiger partial charge in [0.15, 0.2) is 5.82 Å². The summed E-state index contributed by atoms with van der Waals surface area (Å²) >= 11 is 5.59. The maximum absolute atomic E-state index is 5.59. The van der Waals surface area contributed by atoms with Crippen LogP contribution in [0.5, 0.6) is 0 Å². The van der Waals surface area contributed by atoms with E-state index in [4.69, 9.17) is 16.1 Å². The summed E-state index contributed by atoms with van der Waals surface area (Å²) in [5.74, 6) is 1.14. The highest BCUT2D eigenvalue weighted by Crippen LogP contribution is 2.20. The summed E-state index contributed by atoms with van der Waals surface area (Å²) in [5, 5.41) is 11.6. The van der Waals surface area contributed by atoms with Crippen LogP contribution in [0.1, 0.15) is 17.2 Å². The van der Waals surface area contributed by atoms with Crippen molar-refractivity contribution in [1.82, 2.24) is 20.3 Å². The highest BCUT2D eigenvalue weighted by Gasteiger charge is 2.12. The summed E-state index contributed by atoms with van der Waals surface area (Å²) in [4.78, 5) is 4.12. The molecule has 0 saturated carbocycles. The minimum atomic E-state index is 0.236. The van der Waals surface area contributed by atoms with Crippen LogP contribution in [0, 0.1) is 13.8 Å². The van der Waals surface area contributed by atoms with Gasteiger partial charge < -0.3 is 4.52 Å². The number of aromatic nitrogens is 4. The summed E-state index contributed by atoms with van der Waals surface area (Å²) < 4.78 is 5.06. The maximum Gasteiger partial charge on any atom is 0.259 e. The molecule has 0 bridgehead atoms. The maximum atomic E-state index is 5.59. The Bertz CT molecular complexity index is 483. The van der Waals surface area contributed by atoms with Crippen LogP contribution >= 0.6 is 11.6 Å². The van der Waals surface area contributed by atoms with Gasteiger partial charge in [0.1, 0.15) is 0 Å². The first-order chi connectivity index (χ1) is 7.20. The van der Waals surface area contributed by atoms with E-state index in [0.29, 0.717) is 11.7 Å². The first-order valence-electron chi connectivity index (χ1n) is 4.40. The number of hydrogen-bond donors (Lipinski definition) is 0. The number of rotatable bonds is 2. The van der Waals surface area contributed by atoms with E-state index in [1.54, 1.807) is 0 Å². The Morgan fingerprint density at radius 2 is 2.13 bits per heavy atom. The average molecular weight is 225 g/mol. The van der Waals surface area contributed by atoms with Gasteiger partial charge in [-0.05, 0) is 19.9 Å². The molecular formula is C9H9ClN4O. The molecule has 0 fully saturated rings. The molecule has 0 radical (unpaired) electrons. The van der Waals surface area contributed by atoms with E-state index in [2.05, 4.69) is 20.3 Å². The lowest BCUT2D eigenvalue weighted by molar-refractivity contribution is 0.424. The predicted octanol–water partition coefficient (Wildman–Crippen LogP) is 1.88. The fourth-order valence-electron chi connectivity index (χ4n) is 1.18. The van der Waals surface area contributed by atoms with Crippen LogP contribution in [0.15, 0.2) is 10.6 Å². The van der Waals surface area contributed by atoms with Gasteiger partial charge in [0.25, 0.3) is 5.89 Å². The van der Waals surface area contributed by atoms with E-state index >= 15 is 0 Å². The Balaban J connectivity index is 2.48. The molecular weight excluding hydrogens is 216 g/mol. The zero-order chi connectivity index (χ0) is 10.8. The Morgan fingerprint density at radius 1 is 1.33 bits per heavy atom. The molecule has 2 rings (SSSR count). The monoisotopic (exact) mass is 224 g/mol. The second-order valence-corrected chi connectivity index (χ2v) is 3.40. The molecule has 0 aliphatic heterocycles. The highest BCUT2D eigenvalue weighted by atomic mass is 35.5. The molecule has 0 amide bonds. The van der Waals surface area contributed by atoms with Crippen LogP contribution in [0.4, 0.5) is 0 Å². The molecule has 0 N–H and O–H groups in total. The fraction of sp³-hybridized carbons (Fsp3) is 0.333. The molecule has 0 atom stereocenters. The van der Waals surface area contributed by atoms with Gasteiger partial charge in [-0.1, -0.05) is 5.16 Å². The number of nitrogens with zero attached hydrogens (tertiary/aromatic N) is 4. The Morgan fingerprint density at radius 3 is 2.80 bits per heavy atom. The summed E-state index contributed by atoms with van der Waals surface area (Å²) in [6, 6.07) is 1.86. The zero-order valence-corrected chi connectivity index (χ0v) is 9.12. The summed E-state index contributed by atoms with van der Waals surface area (Å²) in [7, 11) is 0. The third-order valence-corrected chi connectivity index (χ3v) is 2.16. The second-order valence-electron chi connectivity index (χ2n) is 3.13. The van der Waals surface area contributed by atoms with Gasteiger partial charge in [-0.2, -0.15) is 15.2 Å². The lowest BCUT2D eigenvalue weighted by atomic mass is 10.2. The lowest BCUT2D eigenvalue weighted by Gasteiger charge is -1.98. The van der Waals surface area contributed by atoms with Gasteiger partial charge in [0, 0.05) is 0 Å². The molecule has 0 aromatic carbocycles. The quantitative estimate of drug-likeness (QED) is 0.729. The SMILES string of the molecule is Cc1cc(-c2nc(CCl)no2)c(C)nn1. The van der Waals surface area contributed by atoms with Crippen molar-refractivity contribution in [1.29, 1.82) is 0 Å². The number of aryl methyl sites for hydroxylation is 2. The number of alkyl halides is 1. The normalized spacial score (nSPS) is 10.6. The third kappa shape index (κ3) is 1.97. The van der Waals surface area contributed by atoms with Crippen LogP contribution in [0.25, 0.3) is 11.5 Å². The number of halogens is 1. The molecule has 15 heavy (non-hydrogen) atoms. The standard InChI is InChI=1S/C9H9ClN4O/c1-5-3-7(6(2)13-12-5)9-11-8(4-10)14-15-9/h3H,4H2,1-2H3. The van der Waals surface area contributed by atoms with Crippen LogP contribution in [0.2, 0.25) is 0 Å². The molecule has 2 heterocycles. The van der Waals surface area contributed by atoms with Crippen molar-refractivity contribution in [3.63, 3.8) is 0 Å². The Hall–Kier alpha value is -1.49. The molecule has 0 spiro atoms. The van der Waals surface area contributed by atoms with Gasteiger partial charge in [0.2, 0.25) is 0 Å². The lowest BCUT2D eigenvalue weighted by Crippen LogP contribution is -1.94. The summed E-state index contributed by atoms with van der Waals surface area (Å²) in [6.45, 7) is 3.70. The average Bonchev–Trinajstić information content (AvgIpc) is 2.70. The van der Waals surface area contributed by atoms with Gasteiger partial charge in [-0.15, -0.1) is 11.6 Å². The van der Waals surface area contributed by atoms with Crippen LogP contribution in [-0.2, 0) is 5.88 Å². The third-order valence-electron chi connectivity index (χ3n) is 1.92. The van der Waals surface area contributed by atoms with Crippen molar-refractivity contribution < 1.29 is 4.52 Å².